The number of carboxylic acid groups (broad SMARTS) is 1. The van der Waals surface area contributed by atoms with E-state index < -0.39 is 5.97 Å². The molecule has 0 saturated carbocycles. The van der Waals surface area contributed by atoms with Crippen molar-refractivity contribution < 1.29 is 18.7 Å². The minimum absolute atomic E-state index is 0.224. The number of benzene rings is 1. The second-order valence-electron chi connectivity index (χ2n) is 4.35. The Morgan fingerprint density at radius 3 is 2.67 bits per heavy atom. The maximum absolute atomic E-state index is 13.0. The van der Waals surface area contributed by atoms with Crippen LogP contribution in [0.2, 0.25) is 0 Å². The van der Waals surface area contributed by atoms with Gasteiger partial charge in [0, 0.05) is 5.56 Å². The van der Waals surface area contributed by atoms with Gasteiger partial charge in [-0.05, 0) is 35.7 Å². The van der Waals surface area contributed by atoms with E-state index in [1.165, 1.54) is 23.5 Å². The number of halogens is 1. The lowest BCUT2D eigenvalue weighted by Gasteiger charge is -1.95. The van der Waals surface area contributed by atoms with Gasteiger partial charge >= 0.3 is 5.97 Å². The molecule has 0 saturated heterocycles. The van der Waals surface area contributed by atoms with Crippen molar-refractivity contribution in [2.45, 2.75) is 6.42 Å². The summed E-state index contributed by atoms with van der Waals surface area (Å²) in [4.78, 5) is 16.0. The fourth-order valence-electron chi connectivity index (χ4n) is 1.93. The number of hydrogen-bond donors (Lipinski definition) is 1. The monoisotopic (exact) mass is 303 g/mol. The Bertz CT molecular complexity index is 763. The number of carbonyl (C=O) groups is 1. The van der Waals surface area contributed by atoms with Crippen LogP contribution in [0.25, 0.3) is 22.1 Å². The summed E-state index contributed by atoms with van der Waals surface area (Å²) in [5.74, 6) is -0.595. The lowest BCUT2D eigenvalue weighted by atomic mass is 10.2. The van der Waals surface area contributed by atoms with Crippen LogP contribution in [0.3, 0.4) is 0 Å². The first-order valence-electron chi connectivity index (χ1n) is 6.15. The number of oxazole rings is 1. The van der Waals surface area contributed by atoms with Gasteiger partial charge in [-0.2, -0.15) is 0 Å². The second-order valence-corrected chi connectivity index (χ2v) is 5.30. The van der Waals surface area contributed by atoms with Crippen LogP contribution in [0.4, 0.5) is 4.39 Å². The molecule has 2 aromatic heterocycles. The highest BCUT2D eigenvalue weighted by molar-refractivity contribution is 7.13. The number of aromatic nitrogens is 1. The second kappa shape index (κ2) is 5.49. The van der Waals surface area contributed by atoms with Crippen molar-refractivity contribution in [1.82, 2.24) is 4.98 Å². The van der Waals surface area contributed by atoms with Gasteiger partial charge in [-0.15, -0.1) is 11.3 Å². The van der Waals surface area contributed by atoms with Gasteiger partial charge in [-0.25, -0.2) is 9.37 Å². The van der Waals surface area contributed by atoms with Gasteiger partial charge in [-0.1, -0.05) is 6.07 Å². The summed E-state index contributed by atoms with van der Waals surface area (Å²) < 4.78 is 18.7. The maximum Gasteiger partial charge on any atom is 0.309 e. The van der Waals surface area contributed by atoms with E-state index in [1.54, 1.807) is 12.1 Å². The van der Waals surface area contributed by atoms with Crippen LogP contribution < -0.4 is 0 Å². The zero-order valence-electron chi connectivity index (χ0n) is 10.7. The Hall–Kier alpha value is -2.47. The van der Waals surface area contributed by atoms with E-state index in [1.807, 2.05) is 17.5 Å². The first-order chi connectivity index (χ1) is 10.1. The van der Waals surface area contributed by atoms with E-state index in [2.05, 4.69) is 4.98 Å². The molecule has 0 aliphatic rings. The summed E-state index contributed by atoms with van der Waals surface area (Å²) in [5, 5.41) is 10.9. The van der Waals surface area contributed by atoms with Crippen molar-refractivity contribution in [3.63, 3.8) is 0 Å². The van der Waals surface area contributed by atoms with Crippen molar-refractivity contribution in [1.29, 1.82) is 0 Å². The molecule has 21 heavy (non-hydrogen) atoms. The van der Waals surface area contributed by atoms with Gasteiger partial charge in [-0.3, -0.25) is 4.79 Å². The minimum atomic E-state index is -0.980. The third-order valence-electron chi connectivity index (χ3n) is 2.85. The maximum atomic E-state index is 13.0. The Morgan fingerprint density at radius 2 is 2.05 bits per heavy atom. The van der Waals surface area contributed by atoms with Gasteiger partial charge < -0.3 is 9.52 Å². The first kappa shape index (κ1) is 13.5. The van der Waals surface area contributed by atoms with Crippen LogP contribution in [-0.2, 0) is 11.2 Å². The van der Waals surface area contributed by atoms with Crippen molar-refractivity contribution in [3.8, 4) is 22.1 Å². The third kappa shape index (κ3) is 2.85. The van der Waals surface area contributed by atoms with Crippen molar-refractivity contribution in [2.24, 2.45) is 0 Å². The van der Waals surface area contributed by atoms with Crippen LogP contribution in [-0.4, -0.2) is 16.1 Å². The minimum Gasteiger partial charge on any atom is -0.481 e. The summed E-state index contributed by atoms with van der Waals surface area (Å²) >= 11 is 1.44. The molecule has 0 aliphatic carbocycles. The molecule has 0 unspecified atom stereocenters. The van der Waals surface area contributed by atoms with Gasteiger partial charge in [0.15, 0.2) is 5.76 Å². The molecule has 0 fully saturated rings. The normalized spacial score (nSPS) is 10.7. The molecule has 4 nitrogen and oxygen atoms in total. The SMILES string of the molecule is O=C(O)Cc1nc(-c2ccc(F)cc2)oc1-c1cccs1. The average Bonchev–Trinajstić information content (AvgIpc) is 3.08. The van der Waals surface area contributed by atoms with E-state index in [9.17, 15) is 9.18 Å². The third-order valence-corrected chi connectivity index (χ3v) is 3.72. The van der Waals surface area contributed by atoms with Crippen LogP contribution in [0, 0.1) is 5.82 Å². The number of carboxylic acids is 1. The summed E-state index contributed by atoms with van der Waals surface area (Å²) in [6.07, 6.45) is -0.224. The van der Waals surface area contributed by atoms with Crippen LogP contribution in [0.5, 0.6) is 0 Å². The average molecular weight is 303 g/mol. The fraction of sp³-hybridized carbons (Fsp3) is 0.0667. The number of aliphatic carboxylic acids is 1. The highest BCUT2D eigenvalue weighted by Gasteiger charge is 2.19. The molecule has 0 atom stereocenters. The predicted molar refractivity (Wildman–Crippen MR) is 76.5 cm³/mol. The Morgan fingerprint density at radius 1 is 1.29 bits per heavy atom. The molecule has 0 amide bonds. The summed E-state index contributed by atoms with van der Waals surface area (Å²) in [6, 6.07) is 9.39. The van der Waals surface area contributed by atoms with E-state index in [-0.39, 0.29) is 18.1 Å². The highest BCUT2D eigenvalue weighted by atomic mass is 32.1. The van der Waals surface area contributed by atoms with Crippen LogP contribution in [0.15, 0.2) is 46.2 Å². The van der Waals surface area contributed by atoms with E-state index >= 15 is 0 Å². The lowest BCUT2D eigenvalue weighted by Crippen LogP contribution is -2.01. The Kier molecular flexibility index (Phi) is 3.53. The molecule has 1 N–H and O–H groups in total. The van der Waals surface area contributed by atoms with Crippen molar-refractivity contribution in [2.75, 3.05) is 0 Å². The van der Waals surface area contributed by atoms with Crippen molar-refractivity contribution in [3.05, 3.63) is 53.3 Å². The van der Waals surface area contributed by atoms with Gasteiger partial charge in [0.2, 0.25) is 5.89 Å². The van der Waals surface area contributed by atoms with Gasteiger partial charge in [0.1, 0.15) is 5.82 Å². The summed E-state index contributed by atoms with van der Waals surface area (Å²) in [7, 11) is 0. The number of nitrogens with zero attached hydrogens (tertiary/aromatic N) is 1. The topological polar surface area (TPSA) is 63.3 Å². The quantitative estimate of drug-likeness (QED) is 0.795. The molecule has 0 spiro atoms. The Balaban J connectivity index is 2.07. The van der Waals surface area contributed by atoms with Crippen LogP contribution >= 0.6 is 11.3 Å². The molecular formula is C15H10FNO3S. The van der Waals surface area contributed by atoms with E-state index in [0.717, 1.165) is 4.88 Å². The lowest BCUT2D eigenvalue weighted by molar-refractivity contribution is -0.136. The fourth-order valence-corrected chi connectivity index (χ4v) is 2.66. The van der Waals surface area contributed by atoms with Gasteiger partial charge in [0.25, 0.3) is 0 Å². The molecule has 6 heteroatoms. The van der Waals surface area contributed by atoms with E-state index in [4.69, 9.17) is 9.52 Å². The molecule has 0 aliphatic heterocycles. The summed E-state index contributed by atoms with van der Waals surface area (Å²) in [6.45, 7) is 0. The molecule has 1 aromatic carbocycles. The number of thiophene rings is 1. The Labute approximate surface area is 123 Å². The molecular weight excluding hydrogens is 293 g/mol. The number of rotatable bonds is 4. The highest BCUT2D eigenvalue weighted by Crippen LogP contribution is 2.32. The summed E-state index contributed by atoms with van der Waals surface area (Å²) in [5.41, 5.74) is 0.968. The molecule has 2 heterocycles. The van der Waals surface area contributed by atoms with Gasteiger partial charge in [0.05, 0.1) is 17.0 Å². The molecule has 106 valence electrons. The zero-order chi connectivity index (χ0) is 14.8. The van der Waals surface area contributed by atoms with Crippen LogP contribution in [0.1, 0.15) is 5.69 Å². The van der Waals surface area contributed by atoms with Crippen molar-refractivity contribution >= 4 is 17.3 Å². The smallest absolute Gasteiger partial charge is 0.309 e. The first-order valence-corrected chi connectivity index (χ1v) is 7.03. The molecule has 0 radical (unpaired) electrons. The molecule has 0 bridgehead atoms. The zero-order valence-corrected chi connectivity index (χ0v) is 11.6. The predicted octanol–water partition coefficient (Wildman–Crippen LogP) is 3.84. The molecule has 3 aromatic rings. The standard InChI is InChI=1S/C15H10FNO3S/c16-10-5-3-9(4-6-10)15-17-11(8-13(18)19)14(20-15)12-2-1-7-21-12/h1-7H,8H2,(H,18,19). The number of hydrogen-bond acceptors (Lipinski definition) is 4. The molecule has 3 rings (SSSR count). The largest absolute Gasteiger partial charge is 0.481 e. The van der Waals surface area contributed by atoms with E-state index in [0.29, 0.717) is 17.0 Å².